The molecule has 0 radical (unpaired) electrons. The van der Waals surface area contributed by atoms with Gasteiger partial charge in [-0.2, -0.15) is 0 Å². The van der Waals surface area contributed by atoms with Gasteiger partial charge >= 0.3 is 5.97 Å². The van der Waals surface area contributed by atoms with Gasteiger partial charge in [0.1, 0.15) is 0 Å². The van der Waals surface area contributed by atoms with E-state index in [4.69, 9.17) is 5.11 Å². The summed E-state index contributed by atoms with van der Waals surface area (Å²) < 4.78 is 0. The average molecular weight is 263 g/mol. The SMILES string of the molecule is CCCCN(Cc1ccccc1)C(=O)CCC(=O)O. The van der Waals surface area contributed by atoms with Crippen LogP contribution in [0.3, 0.4) is 0 Å². The van der Waals surface area contributed by atoms with Gasteiger partial charge in [-0.1, -0.05) is 43.7 Å². The smallest absolute Gasteiger partial charge is 0.303 e. The molecule has 0 atom stereocenters. The summed E-state index contributed by atoms with van der Waals surface area (Å²) >= 11 is 0. The van der Waals surface area contributed by atoms with Gasteiger partial charge < -0.3 is 10.0 Å². The number of carboxylic acid groups (broad SMARTS) is 1. The summed E-state index contributed by atoms with van der Waals surface area (Å²) in [5, 5.41) is 8.64. The Kier molecular flexibility index (Phi) is 6.64. The molecule has 1 aromatic rings. The largest absolute Gasteiger partial charge is 0.481 e. The Morgan fingerprint density at radius 2 is 1.84 bits per heavy atom. The molecule has 19 heavy (non-hydrogen) atoms. The zero-order valence-corrected chi connectivity index (χ0v) is 11.3. The first-order chi connectivity index (χ1) is 9.13. The van der Waals surface area contributed by atoms with Crippen LogP contribution in [0.5, 0.6) is 0 Å². The van der Waals surface area contributed by atoms with E-state index in [1.165, 1.54) is 0 Å². The maximum absolute atomic E-state index is 12.0. The molecule has 0 saturated carbocycles. The molecule has 4 heteroatoms. The fraction of sp³-hybridized carbons (Fsp3) is 0.467. The number of amides is 1. The fourth-order valence-electron chi connectivity index (χ4n) is 1.82. The van der Waals surface area contributed by atoms with Gasteiger partial charge in [-0.05, 0) is 12.0 Å². The third-order valence-electron chi connectivity index (χ3n) is 2.90. The molecule has 0 unspecified atom stereocenters. The molecule has 0 aliphatic rings. The van der Waals surface area contributed by atoms with Crippen molar-refractivity contribution in [3.05, 3.63) is 35.9 Å². The number of benzene rings is 1. The highest BCUT2D eigenvalue weighted by atomic mass is 16.4. The first kappa shape index (κ1) is 15.2. The predicted octanol–water partition coefficient (Wildman–Crippen LogP) is 2.68. The van der Waals surface area contributed by atoms with Crippen molar-refractivity contribution in [2.75, 3.05) is 6.54 Å². The van der Waals surface area contributed by atoms with Crippen molar-refractivity contribution in [2.45, 2.75) is 39.2 Å². The summed E-state index contributed by atoms with van der Waals surface area (Å²) in [4.78, 5) is 24.3. The molecule has 0 bridgehead atoms. The maximum Gasteiger partial charge on any atom is 0.303 e. The van der Waals surface area contributed by atoms with E-state index < -0.39 is 5.97 Å². The van der Waals surface area contributed by atoms with Gasteiger partial charge in [0, 0.05) is 19.5 Å². The molecule has 0 aromatic heterocycles. The van der Waals surface area contributed by atoms with E-state index in [0.717, 1.165) is 18.4 Å². The summed E-state index contributed by atoms with van der Waals surface area (Å²) in [6.45, 7) is 3.31. The lowest BCUT2D eigenvalue weighted by Crippen LogP contribution is -2.31. The molecule has 0 saturated heterocycles. The van der Waals surface area contributed by atoms with Crippen molar-refractivity contribution in [3.63, 3.8) is 0 Å². The molecule has 0 heterocycles. The second kappa shape index (κ2) is 8.29. The second-order valence-electron chi connectivity index (χ2n) is 4.55. The lowest BCUT2D eigenvalue weighted by Gasteiger charge is -2.22. The number of aliphatic carboxylic acids is 1. The van der Waals surface area contributed by atoms with Crippen LogP contribution in [0.15, 0.2) is 30.3 Å². The molecule has 0 fully saturated rings. The van der Waals surface area contributed by atoms with Gasteiger partial charge in [0.05, 0.1) is 6.42 Å². The highest BCUT2D eigenvalue weighted by Gasteiger charge is 2.14. The van der Waals surface area contributed by atoms with Gasteiger partial charge in [0.2, 0.25) is 5.91 Å². The molecule has 1 N–H and O–H groups in total. The summed E-state index contributed by atoms with van der Waals surface area (Å²) in [7, 11) is 0. The number of rotatable bonds is 8. The zero-order valence-electron chi connectivity index (χ0n) is 11.3. The van der Waals surface area contributed by atoms with Gasteiger partial charge in [-0.3, -0.25) is 9.59 Å². The summed E-state index contributed by atoms with van der Waals surface area (Å²) in [6.07, 6.45) is 1.92. The minimum absolute atomic E-state index is 0.0753. The molecule has 104 valence electrons. The van der Waals surface area contributed by atoms with Crippen LogP contribution in [0.25, 0.3) is 0 Å². The Balaban J connectivity index is 2.60. The van der Waals surface area contributed by atoms with Crippen LogP contribution in [0, 0.1) is 0 Å². The minimum atomic E-state index is -0.927. The van der Waals surface area contributed by atoms with Crippen LogP contribution in [0.4, 0.5) is 0 Å². The fourth-order valence-corrected chi connectivity index (χ4v) is 1.82. The third-order valence-corrected chi connectivity index (χ3v) is 2.90. The topological polar surface area (TPSA) is 57.6 Å². The maximum atomic E-state index is 12.0. The molecule has 1 aromatic carbocycles. The lowest BCUT2D eigenvalue weighted by molar-refractivity contribution is -0.141. The van der Waals surface area contributed by atoms with Gasteiger partial charge in [0.15, 0.2) is 0 Å². The van der Waals surface area contributed by atoms with Gasteiger partial charge in [-0.25, -0.2) is 0 Å². The molecular formula is C15H21NO3. The molecule has 0 spiro atoms. The Morgan fingerprint density at radius 1 is 1.16 bits per heavy atom. The van der Waals surface area contributed by atoms with E-state index in [-0.39, 0.29) is 18.7 Å². The van der Waals surface area contributed by atoms with Gasteiger partial charge in [0.25, 0.3) is 0 Å². The Morgan fingerprint density at radius 3 is 2.42 bits per heavy atom. The molecule has 4 nitrogen and oxygen atoms in total. The van der Waals surface area contributed by atoms with Crippen LogP contribution < -0.4 is 0 Å². The summed E-state index contributed by atoms with van der Waals surface area (Å²) in [6, 6.07) is 9.77. The van der Waals surface area contributed by atoms with Crippen LogP contribution in [-0.4, -0.2) is 28.4 Å². The van der Waals surface area contributed by atoms with Crippen LogP contribution in [-0.2, 0) is 16.1 Å². The van der Waals surface area contributed by atoms with Crippen LogP contribution in [0.2, 0.25) is 0 Å². The summed E-state index contributed by atoms with van der Waals surface area (Å²) in [5.41, 5.74) is 1.07. The number of unbranched alkanes of at least 4 members (excludes halogenated alkanes) is 1. The molecule has 0 aliphatic heterocycles. The standard InChI is InChI=1S/C15H21NO3/c1-2-3-11-16(14(17)9-10-15(18)19)12-13-7-5-4-6-8-13/h4-8H,2-3,9-12H2,1H3,(H,18,19). The number of nitrogens with zero attached hydrogens (tertiary/aromatic N) is 1. The van der Waals surface area contributed by atoms with Crippen molar-refractivity contribution in [1.29, 1.82) is 0 Å². The van der Waals surface area contributed by atoms with E-state index in [9.17, 15) is 9.59 Å². The highest BCUT2D eigenvalue weighted by Crippen LogP contribution is 2.08. The van der Waals surface area contributed by atoms with E-state index >= 15 is 0 Å². The number of carbonyl (C=O) groups excluding carboxylic acids is 1. The minimum Gasteiger partial charge on any atom is -0.481 e. The number of hydrogen-bond donors (Lipinski definition) is 1. The van der Waals surface area contributed by atoms with Gasteiger partial charge in [-0.15, -0.1) is 0 Å². The van der Waals surface area contributed by atoms with E-state index in [2.05, 4.69) is 6.92 Å². The first-order valence-electron chi connectivity index (χ1n) is 6.67. The van der Waals surface area contributed by atoms with Crippen molar-refractivity contribution >= 4 is 11.9 Å². The average Bonchev–Trinajstić information content (AvgIpc) is 2.41. The quantitative estimate of drug-likeness (QED) is 0.784. The monoisotopic (exact) mass is 263 g/mol. The highest BCUT2D eigenvalue weighted by molar-refractivity contribution is 5.80. The van der Waals surface area contributed by atoms with Crippen molar-refractivity contribution in [3.8, 4) is 0 Å². The third kappa shape index (κ3) is 6.04. The van der Waals surface area contributed by atoms with Crippen LogP contribution in [0.1, 0.15) is 38.2 Å². The molecular weight excluding hydrogens is 242 g/mol. The molecule has 1 rings (SSSR count). The van der Waals surface area contributed by atoms with Crippen LogP contribution >= 0.6 is 0 Å². The Bertz CT molecular complexity index is 403. The molecule has 1 amide bonds. The zero-order chi connectivity index (χ0) is 14.1. The Labute approximate surface area is 114 Å². The number of carbonyl (C=O) groups is 2. The molecule has 0 aliphatic carbocycles. The first-order valence-corrected chi connectivity index (χ1v) is 6.67. The number of carboxylic acids is 1. The normalized spacial score (nSPS) is 10.2. The van der Waals surface area contributed by atoms with Crippen molar-refractivity contribution < 1.29 is 14.7 Å². The van der Waals surface area contributed by atoms with Crippen molar-refractivity contribution in [1.82, 2.24) is 4.90 Å². The van der Waals surface area contributed by atoms with E-state index in [0.29, 0.717) is 13.1 Å². The van der Waals surface area contributed by atoms with E-state index in [1.54, 1.807) is 4.90 Å². The lowest BCUT2D eigenvalue weighted by atomic mass is 10.2. The Hall–Kier alpha value is -1.84. The number of hydrogen-bond acceptors (Lipinski definition) is 2. The second-order valence-corrected chi connectivity index (χ2v) is 4.55. The summed E-state index contributed by atoms with van der Waals surface area (Å²) in [5.74, 6) is -1.01. The van der Waals surface area contributed by atoms with Crippen molar-refractivity contribution in [2.24, 2.45) is 0 Å². The predicted molar refractivity (Wildman–Crippen MR) is 73.6 cm³/mol. The van der Waals surface area contributed by atoms with E-state index in [1.807, 2.05) is 30.3 Å².